The van der Waals surface area contributed by atoms with Gasteiger partial charge in [0.05, 0.1) is 45.6 Å². The van der Waals surface area contributed by atoms with Crippen molar-refractivity contribution in [2.75, 3.05) is 39.3 Å². The first-order valence-corrected chi connectivity index (χ1v) is 8.53. The molecule has 1 saturated heterocycles. The highest BCUT2D eigenvalue weighted by atomic mass is 16.5. The van der Waals surface area contributed by atoms with Gasteiger partial charge in [0.25, 0.3) is 0 Å². The van der Waals surface area contributed by atoms with Crippen molar-refractivity contribution in [3.05, 3.63) is 30.7 Å². The molecule has 26 heavy (non-hydrogen) atoms. The summed E-state index contributed by atoms with van der Waals surface area (Å²) in [5.41, 5.74) is 3.70. The minimum atomic E-state index is 0.567. The maximum absolute atomic E-state index is 5.45. The third-order valence-electron chi connectivity index (χ3n) is 4.75. The number of aromatic nitrogens is 3. The molecule has 1 aliphatic rings. The van der Waals surface area contributed by atoms with Crippen LogP contribution in [0.2, 0.25) is 0 Å². The lowest BCUT2D eigenvalue weighted by molar-refractivity contribution is 0.324. The van der Waals surface area contributed by atoms with Gasteiger partial charge >= 0.3 is 0 Å². The Morgan fingerprint density at radius 2 is 1.69 bits per heavy atom. The maximum atomic E-state index is 5.45. The summed E-state index contributed by atoms with van der Waals surface area (Å²) in [5.74, 6) is 2.51. The second-order valence-corrected chi connectivity index (χ2v) is 6.56. The molecule has 0 spiro atoms. The van der Waals surface area contributed by atoms with E-state index in [1.54, 1.807) is 21.3 Å². The number of hydrogen-bond donors (Lipinski definition) is 0. The van der Waals surface area contributed by atoms with Gasteiger partial charge < -0.3 is 19.1 Å². The lowest BCUT2D eigenvalue weighted by Gasteiger charge is -2.38. The van der Waals surface area contributed by atoms with Crippen LogP contribution in [0.4, 0.5) is 5.69 Å². The smallest absolute Gasteiger partial charge is 0.203 e. The van der Waals surface area contributed by atoms with Crippen LogP contribution in [-0.2, 0) is 0 Å². The van der Waals surface area contributed by atoms with Crippen molar-refractivity contribution in [2.45, 2.75) is 6.92 Å². The van der Waals surface area contributed by atoms with Crippen LogP contribution < -0.4 is 19.1 Å². The van der Waals surface area contributed by atoms with Crippen LogP contribution in [0, 0.1) is 5.92 Å². The Morgan fingerprint density at radius 3 is 2.27 bits per heavy atom. The monoisotopic (exact) mass is 354 g/mol. The van der Waals surface area contributed by atoms with Gasteiger partial charge in [-0.2, -0.15) is 5.10 Å². The maximum Gasteiger partial charge on any atom is 0.203 e. The molecule has 2 aromatic heterocycles. The second kappa shape index (κ2) is 6.40. The van der Waals surface area contributed by atoms with Crippen LogP contribution in [0.25, 0.3) is 16.8 Å². The molecule has 7 heteroatoms. The number of nitrogens with zero attached hydrogens (tertiary/aromatic N) is 4. The molecule has 0 bridgehead atoms. The largest absolute Gasteiger partial charge is 0.493 e. The number of rotatable bonds is 5. The van der Waals surface area contributed by atoms with Gasteiger partial charge in [-0.3, -0.25) is 0 Å². The lowest BCUT2D eigenvalue weighted by Crippen LogP contribution is -2.45. The van der Waals surface area contributed by atoms with Crippen molar-refractivity contribution in [2.24, 2.45) is 5.92 Å². The number of benzene rings is 1. The predicted molar refractivity (Wildman–Crippen MR) is 99.5 cm³/mol. The van der Waals surface area contributed by atoms with Crippen molar-refractivity contribution < 1.29 is 14.2 Å². The van der Waals surface area contributed by atoms with Crippen LogP contribution in [0.5, 0.6) is 17.2 Å². The van der Waals surface area contributed by atoms with Crippen molar-refractivity contribution in [1.29, 1.82) is 0 Å². The fourth-order valence-corrected chi connectivity index (χ4v) is 3.38. The van der Waals surface area contributed by atoms with Gasteiger partial charge in [0, 0.05) is 18.7 Å². The molecule has 3 aromatic rings. The number of anilines is 1. The molecule has 4 rings (SSSR count). The van der Waals surface area contributed by atoms with Gasteiger partial charge in [0.1, 0.15) is 0 Å². The Labute approximate surface area is 152 Å². The molecule has 1 aromatic carbocycles. The second-order valence-electron chi connectivity index (χ2n) is 6.56. The molecular formula is C19H22N4O3. The fraction of sp³-hybridized carbons (Fsp3) is 0.368. The highest BCUT2D eigenvalue weighted by Gasteiger charge is 2.24. The lowest BCUT2D eigenvalue weighted by atomic mass is 10.0. The standard InChI is InChI=1S/C19H22N4O3/c1-12-9-22(10-12)14-7-20-19-15(8-21-23(19)11-14)13-5-16(24-2)18(26-4)17(6-13)25-3/h5-8,11-12H,9-10H2,1-4H3. The number of methoxy groups -OCH3 is 3. The van der Waals surface area contributed by atoms with Gasteiger partial charge in [-0.1, -0.05) is 6.92 Å². The van der Waals surface area contributed by atoms with E-state index in [1.165, 1.54) is 0 Å². The zero-order chi connectivity index (χ0) is 18.3. The van der Waals surface area contributed by atoms with E-state index in [0.717, 1.165) is 41.5 Å². The van der Waals surface area contributed by atoms with E-state index in [2.05, 4.69) is 21.9 Å². The van der Waals surface area contributed by atoms with Gasteiger partial charge in [-0.25, -0.2) is 9.50 Å². The molecule has 7 nitrogen and oxygen atoms in total. The highest BCUT2D eigenvalue weighted by molar-refractivity contribution is 5.80. The van der Waals surface area contributed by atoms with E-state index in [9.17, 15) is 0 Å². The van der Waals surface area contributed by atoms with Crippen LogP contribution in [-0.4, -0.2) is 49.0 Å². The Hall–Kier alpha value is -2.96. The van der Waals surface area contributed by atoms with Crippen LogP contribution in [0.1, 0.15) is 6.92 Å². The summed E-state index contributed by atoms with van der Waals surface area (Å²) in [4.78, 5) is 6.95. The summed E-state index contributed by atoms with van der Waals surface area (Å²) in [6.45, 7) is 4.38. The molecule has 1 fully saturated rings. The molecule has 0 radical (unpaired) electrons. The van der Waals surface area contributed by atoms with Crippen molar-refractivity contribution >= 4 is 11.3 Å². The summed E-state index contributed by atoms with van der Waals surface area (Å²) in [7, 11) is 4.81. The Kier molecular flexibility index (Phi) is 4.06. The molecule has 0 unspecified atom stereocenters. The fourth-order valence-electron chi connectivity index (χ4n) is 3.38. The van der Waals surface area contributed by atoms with Gasteiger partial charge in [-0.05, 0) is 23.6 Å². The quantitative estimate of drug-likeness (QED) is 0.702. The molecule has 1 aliphatic heterocycles. The minimum Gasteiger partial charge on any atom is -0.493 e. The number of fused-ring (bicyclic) bond motifs is 1. The van der Waals surface area contributed by atoms with E-state index in [1.807, 2.05) is 35.2 Å². The van der Waals surface area contributed by atoms with Crippen LogP contribution >= 0.6 is 0 Å². The van der Waals surface area contributed by atoms with E-state index < -0.39 is 0 Å². The highest BCUT2D eigenvalue weighted by Crippen LogP contribution is 2.41. The molecule has 0 aliphatic carbocycles. The SMILES string of the molecule is COc1cc(-c2cnn3cc(N4CC(C)C4)cnc23)cc(OC)c1OC. The van der Waals surface area contributed by atoms with Crippen LogP contribution in [0.3, 0.4) is 0 Å². The van der Waals surface area contributed by atoms with Gasteiger partial charge in [0.2, 0.25) is 5.75 Å². The van der Waals surface area contributed by atoms with Crippen molar-refractivity contribution in [1.82, 2.24) is 14.6 Å². The van der Waals surface area contributed by atoms with Crippen molar-refractivity contribution in [3.63, 3.8) is 0 Å². The average Bonchev–Trinajstić information content (AvgIpc) is 3.07. The predicted octanol–water partition coefficient (Wildman–Crippen LogP) is 2.88. The zero-order valence-electron chi connectivity index (χ0n) is 15.4. The first-order valence-electron chi connectivity index (χ1n) is 8.53. The first-order chi connectivity index (χ1) is 12.6. The molecular weight excluding hydrogens is 332 g/mol. The molecule has 0 saturated carbocycles. The van der Waals surface area contributed by atoms with E-state index in [0.29, 0.717) is 17.2 Å². The summed E-state index contributed by atoms with van der Waals surface area (Å²) in [5, 5.41) is 4.48. The Morgan fingerprint density at radius 1 is 1.00 bits per heavy atom. The van der Waals surface area contributed by atoms with E-state index in [4.69, 9.17) is 14.2 Å². The van der Waals surface area contributed by atoms with E-state index in [-0.39, 0.29) is 0 Å². The van der Waals surface area contributed by atoms with Gasteiger partial charge in [0.15, 0.2) is 17.1 Å². The molecule has 0 N–H and O–H groups in total. The first kappa shape index (κ1) is 16.5. The van der Waals surface area contributed by atoms with Gasteiger partial charge in [-0.15, -0.1) is 0 Å². The molecule has 136 valence electrons. The summed E-state index contributed by atoms with van der Waals surface area (Å²) < 4.78 is 18.1. The third kappa shape index (κ3) is 2.60. The molecule has 3 heterocycles. The summed E-state index contributed by atoms with van der Waals surface area (Å²) >= 11 is 0. The normalized spacial score (nSPS) is 14.4. The minimum absolute atomic E-state index is 0.567. The molecule has 0 amide bonds. The summed E-state index contributed by atoms with van der Waals surface area (Å²) in [6.07, 6.45) is 5.74. The Bertz CT molecular complexity index is 922. The van der Waals surface area contributed by atoms with E-state index >= 15 is 0 Å². The van der Waals surface area contributed by atoms with Crippen molar-refractivity contribution in [3.8, 4) is 28.4 Å². The summed E-state index contributed by atoms with van der Waals surface area (Å²) in [6, 6.07) is 3.82. The number of hydrogen-bond acceptors (Lipinski definition) is 6. The Balaban J connectivity index is 1.77. The zero-order valence-corrected chi connectivity index (χ0v) is 15.4. The van der Waals surface area contributed by atoms with Crippen LogP contribution in [0.15, 0.2) is 30.7 Å². The average molecular weight is 354 g/mol. The number of ether oxygens (including phenoxy) is 3. The third-order valence-corrected chi connectivity index (χ3v) is 4.75. The topological polar surface area (TPSA) is 61.1 Å². The molecule has 0 atom stereocenters.